The number of hydrogen-bond acceptors (Lipinski definition) is 6. The van der Waals surface area contributed by atoms with Gasteiger partial charge in [0.05, 0.1) is 0 Å². The molecule has 0 amide bonds. The van der Waals surface area contributed by atoms with Crippen LogP contribution < -0.4 is 0 Å². The molecule has 0 aliphatic carbocycles. The molecule has 0 N–H and O–H groups in total. The molecular formula is C18H28O6. The van der Waals surface area contributed by atoms with Gasteiger partial charge in [-0.25, -0.2) is 4.79 Å². The first-order valence-corrected chi connectivity index (χ1v) is 8.41. The van der Waals surface area contributed by atoms with Crippen molar-refractivity contribution in [1.29, 1.82) is 0 Å². The van der Waals surface area contributed by atoms with E-state index < -0.39 is 17.5 Å². The van der Waals surface area contributed by atoms with Gasteiger partial charge >= 0.3 is 5.97 Å². The average Bonchev–Trinajstić information content (AvgIpc) is 2.98. The molecule has 0 radical (unpaired) electrons. The topological polar surface area (TPSA) is 63.2 Å². The zero-order valence-electron chi connectivity index (χ0n) is 15.4. The summed E-state index contributed by atoms with van der Waals surface area (Å²) in [6.07, 6.45) is 4.24. The molecule has 0 fully saturated rings. The summed E-state index contributed by atoms with van der Waals surface area (Å²) in [5.41, 5.74) is 0. The standard InChI is InChI=1S/C18H28O6/c1-12(2)7-17(5)21-10-14(23-17)9-20-16(19)15-11-22-18(6,24-15)8-13(3)4/h10-13H,7-9H2,1-6H3. The van der Waals surface area contributed by atoms with E-state index in [2.05, 4.69) is 27.7 Å². The van der Waals surface area contributed by atoms with Crippen molar-refractivity contribution in [3.8, 4) is 0 Å². The highest BCUT2D eigenvalue weighted by atomic mass is 16.7. The number of carbonyl (C=O) groups is 1. The molecule has 0 spiro atoms. The van der Waals surface area contributed by atoms with Crippen molar-refractivity contribution in [2.75, 3.05) is 6.61 Å². The molecule has 0 aromatic rings. The molecule has 2 aliphatic heterocycles. The monoisotopic (exact) mass is 340 g/mol. The van der Waals surface area contributed by atoms with Gasteiger partial charge in [0.15, 0.2) is 12.4 Å². The molecule has 136 valence electrons. The molecule has 0 bridgehead atoms. The Kier molecular flexibility index (Phi) is 5.35. The second-order valence-corrected chi connectivity index (χ2v) is 7.55. The largest absolute Gasteiger partial charge is 0.457 e. The zero-order valence-corrected chi connectivity index (χ0v) is 15.4. The Hall–Kier alpha value is -1.85. The minimum atomic E-state index is -0.815. The van der Waals surface area contributed by atoms with Gasteiger partial charge in [-0.15, -0.1) is 0 Å². The van der Waals surface area contributed by atoms with E-state index in [-0.39, 0.29) is 12.4 Å². The van der Waals surface area contributed by atoms with Gasteiger partial charge in [0.25, 0.3) is 0 Å². The fraction of sp³-hybridized carbons (Fsp3) is 0.722. The maximum Gasteiger partial charge on any atom is 0.377 e. The van der Waals surface area contributed by atoms with Crippen molar-refractivity contribution in [3.63, 3.8) is 0 Å². The van der Waals surface area contributed by atoms with E-state index >= 15 is 0 Å². The van der Waals surface area contributed by atoms with Crippen LogP contribution in [0.15, 0.2) is 24.0 Å². The molecular weight excluding hydrogens is 312 g/mol. The Labute approximate surface area is 143 Å². The third-order valence-electron chi connectivity index (χ3n) is 3.63. The van der Waals surface area contributed by atoms with E-state index in [1.54, 1.807) is 6.92 Å². The SMILES string of the molecule is CC(C)CC1(C)OC=C(COC(=O)C2=COC(C)(CC(C)C)O2)O1. The molecule has 24 heavy (non-hydrogen) atoms. The fourth-order valence-corrected chi connectivity index (χ4v) is 3.00. The lowest BCUT2D eigenvalue weighted by molar-refractivity contribution is -0.166. The number of hydrogen-bond donors (Lipinski definition) is 0. The maximum atomic E-state index is 12.1. The molecule has 2 aliphatic rings. The first-order chi connectivity index (χ1) is 11.1. The third-order valence-corrected chi connectivity index (χ3v) is 3.63. The minimum absolute atomic E-state index is 0.00584. The summed E-state index contributed by atoms with van der Waals surface area (Å²) in [5, 5.41) is 0. The number of ether oxygens (including phenoxy) is 5. The van der Waals surface area contributed by atoms with Crippen LogP contribution in [-0.2, 0) is 28.5 Å². The van der Waals surface area contributed by atoms with Gasteiger partial charge in [0, 0.05) is 26.7 Å². The predicted octanol–water partition coefficient (Wildman–Crippen LogP) is 3.83. The lowest BCUT2D eigenvalue weighted by atomic mass is 10.0. The Bertz CT molecular complexity index is 536. The van der Waals surface area contributed by atoms with Gasteiger partial charge in [-0.05, 0) is 11.8 Å². The van der Waals surface area contributed by atoms with E-state index in [1.165, 1.54) is 12.5 Å². The van der Waals surface area contributed by atoms with Gasteiger partial charge < -0.3 is 23.7 Å². The number of carbonyl (C=O) groups excluding carboxylic acids is 1. The Morgan fingerprint density at radius 1 is 1.00 bits per heavy atom. The van der Waals surface area contributed by atoms with Crippen LogP contribution >= 0.6 is 0 Å². The van der Waals surface area contributed by atoms with Crippen LogP contribution in [-0.4, -0.2) is 24.2 Å². The second kappa shape index (κ2) is 6.95. The molecule has 6 heteroatoms. The van der Waals surface area contributed by atoms with Gasteiger partial charge in [-0.2, -0.15) is 0 Å². The van der Waals surface area contributed by atoms with Crippen LogP contribution in [0.25, 0.3) is 0 Å². The molecule has 2 heterocycles. The molecule has 0 aromatic carbocycles. The van der Waals surface area contributed by atoms with E-state index in [1.807, 2.05) is 6.92 Å². The highest BCUT2D eigenvalue weighted by Gasteiger charge is 2.38. The van der Waals surface area contributed by atoms with Crippen LogP contribution in [0.1, 0.15) is 54.4 Å². The van der Waals surface area contributed by atoms with Crippen molar-refractivity contribution < 1.29 is 28.5 Å². The molecule has 0 aromatic heterocycles. The average molecular weight is 340 g/mol. The fourth-order valence-electron chi connectivity index (χ4n) is 3.00. The lowest BCUT2D eigenvalue weighted by Gasteiger charge is -2.26. The van der Waals surface area contributed by atoms with E-state index in [4.69, 9.17) is 23.7 Å². The van der Waals surface area contributed by atoms with E-state index in [0.29, 0.717) is 24.0 Å². The van der Waals surface area contributed by atoms with Crippen molar-refractivity contribution in [2.45, 2.75) is 66.0 Å². The molecule has 0 saturated carbocycles. The molecule has 6 nitrogen and oxygen atoms in total. The smallest absolute Gasteiger partial charge is 0.377 e. The van der Waals surface area contributed by atoms with Gasteiger partial charge in [0.2, 0.25) is 17.3 Å². The molecule has 2 atom stereocenters. The van der Waals surface area contributed by atoms with Crippen LogP contribution in [0.4, 0.5) is 0 Å². The first-order valence-electron chi connectivity index (χ1n) is 8.41. The van der Waals surface area contributed by atoms with Crippen LogP contribution in [0.5, 0.6) is 0 Å². The molecule has 0 saturated heterocycles. The highest BCUT2D eigenvalue weighted by molar-refractivity contribution is 5.86. The summed E-state index contributed by atoms with van der Waals surface area (Å²) in [6.45, 7) is 12.0. The predicted molar refractivity (Wildman–Crippen MR) is 87.2 cm³/mol. The van der Waals surface area contributed by atoms with Gasteiger partial charge in [-0.1, -0.05) is 27.7 Å². The summed E-state index contributed by atoms with van der Waals surface area (Å²) in [4.78, 5) is 12.1. The lowest BCUT2D eigenvalue weighted by Crippen LogP contribution is -2.29. The van der Waals surface area contributed by atoms with Gasteiger partial charge in [0.1, 0.15) is 12.5 Å². The Morgan fingerprint density at radius 2 is 1.54 bits per heavy atom. The molecule has 2 unspecified atom stereocenters. The third kappa shape index (κ3) is 4.82. The van der Waals surface area contributed by atoms with Crippen molar-refractivity contribution in [3.05, 3.63) is 24.0 Å². The Balaban J connectivity index is 1.79. The summed E-state index contributed by atoms with van der Waals surface area (Å²) < 4.78 is 27.6. The maximum absolute atomic E-state index is 12.1. The van der Waals surface area contributed by atoms with Crippen LogP contribution in [0.3, 0.4) is 0 Å². The summed E-state index contributed by atoms with van der Waals surface area (Å²) in [7, 11) is 0. The number of rotatable bonds is 7. The van der Waals surface area contributed by atoms with Crippen LogP contribution in [0, 0.1) is 11.8 Å². The van der Waals surface area contributed by atoms with Crippen LogP contribution in [0.2, 0.25) is 0 Å². The molecule has 2 rings (SSSR count). The minimum Gasteiger partial charge on any atom is -0.457 e. The zero-order chi connectivity index (χ0) is 18.0. The summed E-state index contributed by atoms with van der Waals surface area (Å²) in [5.74, 6) is -0.726. The van der Waals surface area contributed by atoms with Crippen molar-refractivity contribution in [2.24, 2.45) is 11.8 Å². The van der Waals surface area contributed by atoms with Gasteiger partial charge in [-0.3, -0.25) is 0 Å². The van der Waals surface area contributed by atoms with E-state index in [9.17, 15) is 4.79 Å². The second-order valence-electron chi connectivity index (χ2n) is 7.55. The number of esters is 1. The van der Waals surface area contributed by atoms with Crippen molar-refractivity contribution in [1.82, 2.24) is 0 Å². The summed E-state index contributed by atoms with van der Waals surface area (Å²) in [6, 6.07) is 0. The highest BCUT2D eigenvalue weighted by Crippen LogP contribution is 2.33. The van der Waals surface area contributed by atoms with Crippen molar-refractivity contribution >= 4 is 5.97 Å². The summed E-state index contributed by atoms with van der Waals surface area (Å²) >= 11 is 0. The first kappa shape index (κ1) is 18.5. The van der Waals surface area contributed by atoms with E-state index in [0.717, 1.165) is 6.42 Å². The Morgan fingerprint density at radius 3 is 2.12 bits per heavy atom. The quantitative estimate of drug-likeness (QED) is 0.656. The normalized spacial score (nSPS) is 28.7.